The fraction of sp³-hybridized carbons (Fsp3) is 0.529. The normalized spacial score (nSPS) is 15.3. The Labute approximate surface area is 126 Å². The van der Waals surface area contributed by atoms with E-state index < -0.39 is 0 Å². The molecular formula is C17H24N2O2. The SMILES string of the molecule is CC(C)=CC(=O)Nc1ncccc1OCC1CCCCC1. The van der Waals surface area contributed by atoms with Crippen molar-refractivity contribution in [2.45, 2.75) is 46.0 Å². The van der Waals surface area contributed by atoms with Gasteiger partial charge in [0, 0.05) is 12.3 Å². The van der Waals surface area contributed by atoms with Gasteiger partial charge in [0.1, 0.15) is 0 Å². The highest BCUT2D eigenvalue weighted by atomic mass is 16.5. The molecular weight excluding hydrogens is 264 g/mol. The van der Waals surface area contributed by atoms with Gasteiger partial charge in [-0.25, -0.2) is 4.98 Å². The van der Waals surface area contributed by atoms with Gasteiger partial charge in [-0.15, -0.1) is 0 Å². The topological polar surface area (TPSA) is 51.2 Å². The standard InChI is InChI=1S/C17H24N2O2/c1-13(2)11-16(20)19-17-15(9-6-10-18-17)21-12-14-7-4-3-5-8-14/h6,9-11,14H,3-5,7-8,12H2,1-2H3,(H,18,19,20). The third-order valence-electron chi connectivity index (χ3n) is 3.63. The van der Waals surface area contributed by atoms with Gasteiger partial charge >= 0.3 is 0 Å². The smallest absolute Gasteiger partial charge is 0.249 e. The average molecular weight is 288 g/mol. The van der Waals surface area contributed by atoms with E-state index in [2.05, 4.69) is 10.3 Å². The first-order valence-corrected chi connectivity index (χ1v) is 7.69. The van der Waals surface area contributed by atoms with Crippen LogP contribution in [-0.4, -0.2) is 17.5 Å². The molecule has 1 aromatic heterocycles. The van der Waals surface area contributed by atoms with Crippen molar-refractivity contribution in [3.63, 3.8) is 0 Å². The van der Waals surface area contributed by atoms with Crippen LogP contribution in [0.15, 0.2) is 30.0 Å². The molecule has 0 radical (unpaired) electrons. The molecule has 4 heteroatoms. The van der Waals surface area contributed by atoms with Crippen LogP contribution in [0.2, 0.25) is 0 Å². The van der Waals surface area contributed by atoms with Gasteiger partial charge in [-0.2, -0.15) is 0 Å². The Morgan fingerprint density at radius 2 is 2.14 bits per heavy atom. The number of carbonyl (C=O) groups excluding carboxylic acids is 1. The summed E-state index contributed by atoms with van der Waals surface area (Å²) in [7, 11) is 0. The lowest BCUT2D eigenvalue weighted by atomic mass is 9.90. The van der Waals surface area contributed by atoms with Gasteiger partial charge in [-0.05, 0) is 44.7 Å². The lowest BCUT2D eigenvalue weighted by Crippen LogP contribution is -2.17. The van der Waals surface area contributed by atoms with E-state index in [1.807, 2.05) is 26.0 Å². The minimum atomic E-state index is -0.170. The third kappa shape index (κ3) is 5.21. The second kappa shape index (κ2) is 7.81. The predicted molar refractivity (Wildman–Crippen MR) is 84.4 cm³/mol. The Balaban J connectivity index is 1.96. The summed E-state index contributed by atoms with van der Waals surface area (Å²) in [4.78, 5) is 16.0. The Hall–Kier alpha value is -1.84. The Morgan fingerprint density at radius 1 is 1.38 bits per heavy atom. The maximum atomic E-state index is 11.8. The molecule has 1 aliphatic carbocycles. The van der Waals surface area contributed by atoms with Gasteiger partial charge in [0.15, 0.2) is 11.6 Å². The van der Waals surface area contributed by atoms with E-state index >= 15 is 0 Å². The van der Waals surface area contributed by atoms with Crippen LogP contribution in [-0.2, 0) is 4.79 Å². The highest BCUT2D eigenvalue weighted by Gasteiger charge is 2.15. The van der Waals surface area contributed by atoms with Crippen molar-refractivity contribution in [3.8, 4) is 5.75 Å². The number of hydrogen-bond acceptors (Lipinski definition) is 3. The van der Waals surface area contributed by atoms with E-state index in [9.17, 15) is 4.79 Å². The van der Waals surface area contributed by atoms with E-state index in [-0.39, 0.29) is 5.91 Å². The first kappa shape index (κ1) is 15.5. The van der Waals surface area contributed by atoms with Crippen molar-refractivity contribution < 1.29 is 9.53 Å². The van der Waals surface area contributed by atoms with Crippen molar-refractivity contribution >= 4 is 11.7 Å². The molecule has 1 aliphatic rings. The number of aromatic nitrogens is 1. The fourth-order valence-corrected chi connectivity index (χ4v) is 2.58. The molecule has 1 heterocycles. The van der Waals surface area contributed by atoms with Gasteiger partial charge in [0.05, 0.1) is 6.61 Å². The Bertz CT molecular complexity index is 501. The van der Waals surface area contributed by atoms with Crippen LogP contribution in [0, 0.1) is 5.92 Å². The first-order chi connectivity index (χ1) is 10.1. The predicted octanol–water partition coefficient (Wildman–Crippen LogP) is 3.95. The number of carbonyl (C=O) groups is 1. The summed E-state index contributed by atoms with van der Waals surface area (Å²) in [5, 5.41) is 2.78. The van der Waals surface area contributed by atoms with Crippen LogP contribution in [0.3, 0.4) is 0 Å². The molecule has 4 nitrogen and oxygen atoms in total. The van der Waals surface area contributed by atoms with Crippen molar-refractivity contribution in [2.75, 3.05) is 11.9 Å². The minimum absolute atomic E-state index is 0.170. The maximum Gasteiger partial charge on any atom is 0.249 e. The lowest BCUT2D eigenvalue weighted by molar-refractivity contribution is -0.112. The van der Waals surface area contributed by atoms with Gasteiger partial charge < -0.3 is 10.1 Å². The molecule has 1 N–H and O–H groups in total. The molecule has 0 aromatic carbocycles. The van der Waals surface area contributed by atoms with E-state index in [0.717, 1.165) is 5.57 Å². The molecule has 0 unspecified atom stereocenters. The van der Waals surface area contributed by atoms with E-state index in [1.165, 1.54) is 32.1 Å². The molecule has 0 spiro atoms. The van der Waals surface area contributed by atoms with E-state index in [1.54, 1.807) is 12.3 Å². The number of nitrogens with one attached hydrogen (secondary N) is 1. The summed E-state index contributed by atoms with van der Waals surface area (Å²) in [6, 6.07) is 3.68. The van der Waals surface area contributed by atoms with Gasteiger partial charge in [-0.3, -0.25) is 4.79 Å². The molecule has 114 valence electrons. The molecule has 2 rings (SSSR count). The highest BCUT2D eigenvalue weighted by molar-refractivity contribution is 5.99. The maximum absolute atomic E-state index is 11.8. The molecule has 21 heavy (non-hydrogen) atoms. The first-order valence-electron chi connectivity index (χ1n) is 7.69. The average Bonchev–Trinajstić information content (AvgIpc) is 2.46. The molecule has 1 saturated carbocycles. The zero-order valence-electron chi connectivity index (χ0n) is 12.9. The van der Waals surface area contributed by atoms with Crippen molar-refractivity contribution in [1.29, 1.82) is 0 Å². The lowest BCUT2D eigenvalue weighted by Gasteiger charge is -2.22. The largest absolute Gasteiger partial charge is 0.489 e. The monoisotopic (exact) mass is 288 g/mol. The molecule has 1 aromatic rings. The van der Waals surface area contributed by atoms with Crippen LogP contribution >= 0.6 is 0 Å². The van der Waals surface area contributed by atoms with Gasteiger partial charge in [-0.1, -0.05) is 24.8 Å². The number of rotatable bonds is 5. The van der Waals surface area contributed by atoms with Crippen LogP contribution in [0.25, 0.3) is 0 Å². The quantitative estimate of drug-likeness (QED) is 0.835. The summed E-state index contributed by atoms with van der Waals surface area (Å²) in [5.41, 5.74) is 0.952. The number of amides is 1. The zero-order chi connectivity index (χ0) is 15.1. The van der Waals surface area contributed by atoms with Gasteiger partial charge in [0.25, 0.3) is 0 Å². The summed E-state index contributed by atoms with van der Waals surface area (Å²) in [6.07, 6.45) is 9.62. The second-order valence-electron chi connectivity index (χ2n) is 5.88. The van der Waals surface area contributed by atoms with Crippen LogP contribution in [0.1, 0.15) is 46.0 Å². The van der Waals surface area contributed by atoms with Crippen LogP contribution < -0.4 is 10.1 Å². The number of allylic oxidation sites excluding steroid dienone is 1. The molecule has 0 bridgehead atoms. The third-order valence-corrected chi connectivity index (χ3v) is 3.63. The Kier molecular flexibility index (Phi) is 5.78. The van der Waals surface area contributed by atoms with E-state index in [4.69, 9.17) is 4.74 Å². The molecule has 1 amide bonds. The summed E-state index contributed by atoms with van der Waals surface area (Å²) < 4.78 is 5.88. The number of ether oxygens (including phenoxy) is 1. The number of pyridine rings is 1. The number of nitrogens with zero attached hydrogens (tertiary/aromatic N) is 1. The molecule has 0 aliphatic heterocycles. The summed E-state index contributed by atoms with van der Waals surface area (Å²) >= 11 is 0. The summed E-state index contributed by atoms with van der Waals surface area (Å²) in [5.74, 6) is 1.60. The van der Waals surface area contributed by atoms with Crippen molar-refractivity contribution in [3.05, 3.63) is 30.0 Å². The zero-order valence-corrected chi connectivity index (χ0v) is 12.9. The highest BCUT2D eigenvalue weighted by Crippen LogP contribution is 2.26. The minimum Gasteiger partial charge on any atom is -0.489 e. The van der Waals surface area contributed by atoms with Crippen molar-refractivity contribution in [2.24, 2.45) is 5.92 Å². The number of hydrogen-bond donors (Lipinski definition) is 1. The van der Waals surface area contributed by atoms with E-state index in [0.29, 0.717) is 24.1 Å². The number of anilines is 1. The second-order valence-corrected chi connectivity index (χ2v) is 5.88. The summed E-state index contributed by atoms with van der Waals surface area (Å²) in [6.45, 7) is 4.48. The van der Waals surface area contributed by atoms with Gasteiger partial charge in [0.2, 0.25) is 5.91 Å². The molecule has 1 fully saturated rings. The Morgan fingerprint density at radius 3 is 2.86 bits per heavy atom. The fourth-order valence-electron chi connectivity index (χ4n) is 2.58. The molecule has 0 saturated heterocycles. The molecule has 0 atom stereocenters. The van der Waals surface area contributed by atoms with Crippen LogP contribution in [0.4, 0.5) is 5.82 Å². The van der Waals surface area contributed by atoms with Crippen molar-refractivity contribution in [1.82, 2.24) is 4.98 Å². The van der Waals surface area contributed by atoms with Crippen LogP contribution in [0.5, 0.6) is 5.75 Å².